The molecule has 2 aliphatic rings. The quantitative estimate of drug-likeness (QED) is 0.295. The van der Waals surface area contributed by atoms with Gasteiger partial charge in [-0.15, -0.1) is 0 Å². The number of ether oxygens (including phenoxy) is 2. The second-order valence-corrected chi connectivity index (χ2v) is 8.62. The lowest BCUT2D eigenvalue weighted by molar-refractivity contribution is -0.129. The lowest BCUT2D eigenvalue weighted by Crippen LogP contribution is -2.41. The number of rotatable bonds is 14. The van der Waals surface area contributed by atoms with Crippen LogP contribution in [0.4, 0.5) is 0 Å². The highest BCUT2D eigenvalue weighted by atomic mass is 16.5. The van der Waals surface area contributed by atoms with E-state index in [2.05, 4.69) is 22.5 Å². The molecule has 0 unspecified atom stereocenters. The van der Waals surface area contributed by atoms with Crippen molar-refractivity contribution in [1.29, 1.82) is 0 Å². The fourth-order valence-electron chi connectivity index (χ4n) is 4.42. The summed E-state index contributed by atoms with van der Waals surface area (Å²) in [4.78, 5) is 24.3. The van der Waals surface area contributed by atoms with Gasteiger partial charge in [0.1, 0.15) is 0 Å². The van der Waals surface area contributed by atoms with E-state index in [1.807, 2.05) is 6.92 Å². The largest absolute Gasteiger partial charge is 0.377 e. The average molecular weight is 424 g/mol. The summed E-state index contributed by atoms with van der Waals surface area (Å²) in [7, 11) is 0. The Bertz CT molecular complexity index is 541. The molecule has 2 aliphatic carbocycles. The minimum absolute atomic E-state index is 0.0194. The number of amides is 2. The lowest BCUT2D eigenvalue weighted by Gasteiger charge is -2.28. The van der Waals surface area contributed by atoms with E-state index >= 15 is 0 Å². The normalized spacial score (nSPS) is 18.8. The molecule has 2 rings (SSSR count). The van der Waals surface area contributed by atoms with Crippen LogP contribution >= 0.6 is 0 Å². The minimum atomic E-state index is -0.376. The molecular weight excluding hydrogens is 382 g/mol. The Morgan fingerprint density at radius 3 is 2.10 bits per heavy atom. The van der Waals surface area contributed by atoms with Crippen molar-refractivity contribution in [3.8, 4) is 0 Å². The smallest absolute Gasteiger partial charge is 0.234 e. The Morgan fingerprint density at radius 1 is 0.900 bits per heavy atom. The van der Waals surface area contributed by atoms with Crippen LogP contribution in [0, 0.1) is 5.41 Å². The maximum atomic E-state index is 12.5. The summed E-state index contributed by atoms with van der Waals surface area (Å²) in [5.74, 6) is 0.104. The lowest BCUT2D eigenvalue weighted by atomic mass is 9.79. The molecule has 0 radical (unpaired) electrons. The second-order valence-electron chi connectivity index (χ2n) is 8.62. The Kier molecular flexibility index (Phi) is 11.4. The summed E-state index contributed by atoms with van der Waals surface area (Å²) >= 11 is 0. The van der Waals surface area contributed by atoms with E-state index in [0.29, 0.717) is 52.1 Å². The van der Waals surface area contributed by atoms with Gasteiger partial charge < -0.3 is 25.4 Å². The summed E-state index contributed by atoms with van der Waals surface area (Å²) in [6, 6.07) is 0.493. The minimum Gasteiger partial charge on any atom is -0.377 e. The molecule has 0 aromatic heterocycles. The zero-order valence-electron chi connectivity index (χ0n) is 18.7. The highest BCUT2D eigenvalue weighted by molar-refractivity contribution is 5.85. The van der Waals surface area contributed by atoms with Crippen LogP contribution in [0.1, 0.15) is 64.7 Å². The molecule has 0 spiro atoms. The van der Waals surface area contributed by atoms with Gasteiger partial charge in [0.2, 0.25) is 11.8 Å². The standard InChI is InChI=1S/C23H41N3O4/c1-19(2)23(10-6-7-11-23)22(28)25-13-15-30-17-16-29-14-12-24-21(27)18-26-20-8-4-3-5-9-20/h20,26H,1,3-18H2,2H3,(H,24,27)(H,25,28). The van der Waals surface area contributed by atoms with Gasteiger partial charge in [0.15, 0.2) is 0 Å². The first kappa shape index (κ1) is 24.8. The maximum Gasteiger partial charge on any atom is 0.234 e. The molecule has 3 N–H and O–H groups in total. The summed E-state index contributed by atoms with van der Waals surface area (Å²) in [5.41, 5.74) is 0.586. The van der Waals surface area contributed by atoms with E-state index in [1.165, 1.54) is 32.1 Å². The van der Waals surface area contributed by atoms with E-state index in [-0.39, 0.29) is 17.2 Å². The fraction of sp³-hybridized carbons (Fsp3) is 0.826. The summed E-state index contributed by atoms with van der Waals surface area (Å²) in [6.45, 7) is 9.24. The first-order valence-corrected chi connectivity index (χ1v) is 11.6. The van der Waals surface area contributed by atoms with E-state index in [1.54, 1.807) is 0 Å². The number of carbonyl (C=O) groups excluding carboxylic acids is 2. The van der Waals surface area contributed by atoms with Crippen molar-refractivity contribution >= 4 is 11.8 Å². The van der Waals surface area contributed by atoms with Crippen molar-refractivity contribution < 1.29 is 19.1 Å². The first-order chi connectivity index (χ1) is 14.5. The summed E-state index contributed by atoms with van der Waals surface area (Å²) in [5, 5.41) is 9.18. The molecular formula is C23H41N3O4. The SMILES string of the molecule is C=C(C)C1(C(=O)NCCOCCOCCNC(=O)CNC2CCCCC2)CCCC1. The number of carbonyl (C=O) groups is 2. The predicted molar refractivity (Wildman–Crippen MR) is 118 cm³/mol. The third-order valence-electron chi connectivity index (χ3n) is 6.34. The number of hydrogen-bond donors (Lipinski definition) is 3. The van der Waals surface area contributed by atoms with Crippen molar-refractivity contribution in [3.63, 3.8) is 0 Å². The molecule has 7 heteroatoms. The van der Waals surface area contributed by atoms with Crippen LogP contribution in [0.5, 0.6) is 0 Å². The maximum absolute atomic E-state index is 12.5. The zero-order chi connectivity index (χ0) is 21.7. The molecule has 0 atom stereocenters. The zero-order valence-corrected chi connectivity index (χ0v) is 18.7. The molecule has 0 heterocycles. The van der Waals surface area contributed by atoms with Gasteiger partial charge >= 0.3 is 0 Å². The molecule has 0 aromatic rings. The van der Waals surface area contributed by atoms with Crippen molar-refractivity contribution in [1.82, 2.24) is 16.0 Å². The summed E-state index contributed by atoms with van der Waals surface area (Å²) in [6.07, 6.45) is 10.2. The Balaban J connectivity index is 1.39. The molecule has 0 aromatic carbocycles. The van der Waals surface area contributed by atoms with Gasteiger partial charge in [0.25, 0.3) is 0 Å². The van der Waals surface area contributed by atoms with Crippen LogP contribution in [0.3, 0.4) is 0 Å². The Morgan fingerprint density at radius 2 is 1.50 bits per heavy atom. The fourth-order valence-corrected chi connectivity index (χ4v) is 4.42. The van der Waals surface area contributed by atoms with E-state index in [0.717, 1.165) is 31.3 Å². The van der Waals surface area contributed by atoms with Gasteiger partial charge in [-0.2, -0.15) is 0 Å². The van der Waals surface area contributed by atoms with E-state index < -0.39 is 0 Å². The van der Waals surface area contributed by atoms with Crippen LogP contribution < -0.4 is 16.0 Å². The molecule has 2 amide bonds. The van der Waals surface area contributed by atoms with Gasteiger partial charge in [-0.05, 0) is 32.6 Å². The van der Waals surface area contributed by atoms with Gasteiger partial charge in [0, 0.05) is 19.1 Å². The van der Waals surface area contributed by atoms with Gasteiger partial charge in [-0.1, -0.05) is 44.3 Å². The van der Waals surface area contributed by atoms with Crippen molar-refractivity contribution in [2.45, 2.75) is 70.8 Å². The topological polar surface area (TPSA) is 88.7 Å². The highest BCUT2D eigenvalue weighted by Gasteiger charge is 2.41. The van der Waals surface area contributed by atoms with Gasteiger partial charge in [0.05, 0.1) is 38.4 Å². The predicted octanol–water partition coefficient (Wildman–Crippen LogP) is 2.31. The molecule has 0 bridgehead atoms. The Labute approximate surface area is 181 Å². The van der Waals surface area contributed by atoms with Gasteiger partial charge in [-0.3, -0.25) is 9.59 Å². The van der Waals surface area contributed by atoms with Crippen LogP contribution in [0.15, 0.2) is 12.2 Å². The van der Waals surface area contributed by atoms with Crippen LogP contribution in [0.25, 0.3) is 0 Å². The third kappa shape index (κ3) is 8.36. The molecule has 0 aliphatic heterocycles. The van der Waals surface area contributed by atoms with Gasteiger partial charge in [-0.25, -0.2) is 0 Å². The van der Waals surface area contributed by atoms with Crippen molar-refractivity contribution in [2.24, 2.45) is 5.41 Å². The summed E-state index contributed by atoms with van der Waals surface area (Å²) < 4.78 is 11.0. The molecule has 0 saturated heterocycles. The van der Waals surface area contributed by atoms with Crippen LogP contribution in [-0.2, 0) is 19.1 Å². The molecule has 30 heavy (non-hydrogen) atoms. The number of nitrogens with one attached hydrogen (secondary N) is 3. The highest BCUT2D eigenvalue weighted by Crippen LogP contribution is 2.43. The second kappa shape index (κ2) is 13.8. The van der Waals surface area contributed by atoms with Crippen molar-refractivity contribution in [3.05, 3.63) is 12.2 Å². The van der Waals surface area contributed by atoms with Crippen LogP contribution in [0.2, 0.25) is 0 Å². The third-order valence-corrected chi connectivity index (χ3v) is 6.34. The molecule has 7 nitrogen and oxygen atoms in total. The first-order valence-electron chi connectivity index (χ1n) is 11.6. The molecule has 2 fully saturated rings. The average Bonchev–Trinajstić information content (AvgIpc) is 3.26. The number of hydrogen-bond acceptors (Lipinski definition) is 5. The Hall–Kier alpha value is -1.44. The van der Waals surface area contributed by atoms with E-state index in [9.17, 15) is 9.59 Å². The van der Waals surface area contributed by atoms with Crippen LogP contribution in [-0.4, -0.2) is 63.9 Å². The van der Waals surface area contributed by atoms with Crippen molar-refractivity contribution in [2.75, 3.05) is 46.1 Å². The molecule has 2 saturated carbocycles. The molecule has 172 valence electrons. The monoisotopic (exact) mass is 423 g/mol. The van der Waals surface area contributed by atoms with E-state index in [4.69, 9.17) is 9.47 Å².